The molecule has 2 atom stereocenters. The fraction of sp³-hybridized carbons (Fsp3) is 0.692. The van der Waals surface area contributed by atoms with Crippen LogP contribution in [0.5, 0.6) is 0 Å². The van der Waals surface area contributed by atoms with E-state index in [4.69, 9.17) is 10.5 Å². The second-order valence-electron chi connectivity index (χ2n) is 4.83. The molecule has 0 aliphatic carbocycles. The first-order chi connectivity index (χ1) is 9.13. The van der Waals surface area contributed by atoms with Crippen molar-refractivity contribution in [2.24, 2.45) is 5.73 Å². The number of ether oxygens (including phenoxy) is 1. The Bertz CT molecular complexity index is 445. The third-order valence-corrected chi connectivity index (χ3v) is 4.47. The van der Waals surface area contributed by atoms with Crippen molar-refractivity contribution in [3.63, 3.8) is 0 Å². The van der Waals surface area contributed by atoms with Gasteiger partial charge in [-0.15, -0.1) is 36.2 Å². The van der Waals surface area contributed by atoms with Crippen molar-refractivity contribution in [1.82, 2.24) is 9.88 Å². The van der Waals surface area contributed by atoms with Gasteiger partial charge in [0.15, 0.2) is 0 Å². The van der Waals surface area contributed by atoms with Crippen LogP contribution in [0.1, 0.15) is 29.7 Å². The van der Waals surface area contributed by atoms with Crippen LogP contribution in [-0.2, 0) is 22.5 Å². The first kappa shape index (κ1) is 20.6. The largest absolute Gasteiger partial charge is 0.364 e. The highest BCUT2D eigenvalue weighted by Gasteiger charge is 2.31. The minimum Gasteiger partial charge on any atom is -0.364 e. The number of carbonyl (C=O) groups is 1. The lowest BCUT2D eigenvalue weighted by Gasteiger charge is -2.20. The van der Waals surface area contributed by atoms with Crippen molar-refractivity contribution in [3.8, 4) is 0 Å². The van der Waals surface area contributed by atoms with E-state index in [-0.39, 0.29) is 42.9 Å². The molecule has 1 amide bonds. The van der Waals surface area contributed by atoms with Crippen molar-refractivity contribution >= 4 is 42.1 Å². The monoisotopic (exact) mass is 355 g/mol. The molecule has 1 aliphatic rings. The normalized spacial score (nSPS) is 20.5. The highest BCUT2D eigenvalue weighted by molar-refractivity contribution is 7.11. The van der Waals surface area contributed by atoms with E-state index in [9.17, 15) is 4.79 Å². The average molecular weight is 356 g/mol. The standard InChI is InChI=1S/C13H21N3O2S.2ClH/c1-3-10-7-15-12(19-10)8-16(2)13(17)11-5-4-9(6-14)18-11;;/h7,9,11H,3-6,8,14H2,1-2H3;2*1H/t9-,11+;;/m1../s1. The number of nitrogens with two attached hydrogens (primary N) is 1. The van der Waals surface area contributed by atoms with Gasteiger partial charge in [0.05, 0.1) is 12.6 Å². The van der Waals surface area contributed by atoms with E-state index < -0.39 is 0 Å². The van der Waals surface area contributed by atoms with Gasteiger partial charge in [0, 0.05) is 24.7 Å². The Hall–Kier alpha value is -0.400. The van der Waals surface area contributed by atoms with Gasteiger partial charge in [-0.2, -0.15) is 0 Å². The summed E-state index contributed by atoms with van der Waals surface area (Å²) in [4.78, 5) is 19.5. The Balaban J connectivity index is 0.00000200. The molecule has 2 rings (SSSR count). The highest BCUT2D eigenvalue weighted by Crippen LogP contribution is 2.21. The van der Waals surface area contributed by atoms with Crippen molar-refractivity contribution in [1.29, 1.82) is 0 Å². The summed E-state index contributed by atoms with van der Waals surface area (Å²) >= 11 is 1.66. The van der Waals surface area contributed by atoms with E-state index in [1.165, 1.54) is 4.88 Å². The van der Waals surface area contributed by atoms with Crippen LogP contribution in [0.4, 0.5) is 0 Å². The Morgan fingerprint density at radius 3 is 2.76 bits per heavy atom. The number of aryl methyl sites for hydroxylation is 1. The summed E-state index contributed by atoms with van der Waals surface area (Å²) in [6, 6.07) is 0. The summed E-state index contributed by atoms with van der Waals surface area (Å²) in [5, 5.41) is 0.973. The molecule has 1 aromatic rings. The number of amides is 1. The predicted octanol–water partition coefficient (Wildman–Crippen LogP) is 2.01. The number of rotatable bonds is 5. The van der Waals surface area contributed by atoms with Crippen molar-refractivity contribution in [3.05, 3.63) is 16.1 Å². The molecule has 2 heterocycles. The van der Waals surface area contributed by atoms with E-state index >= 15 is 0 Å². The van der Waals surface area contributed by atoms with Gasteiger partial charge in [-0.1, -0.05) is 6.92 Å². The first-order valence-electron chi connectivity index (χ1n) is 6.68. The molecule has 0 saturated carbocycles. The van der Waals surface area contributed by atoms with Crippen molar-refractivity contribution in [2.75, 3.05) is 13.6 Å². The van der Waals surface area contributed by atoms with Crippen LogP contribution in [0.15, 0.2) is 6.20 Å². The molecule has 8 heteroatoms. The zero-order valence-electron chi connectivity index (χ0n) is 12.3. The Morgan fingerprint density at radius 1 is 1.52 bits per heavy atom. The molecule has 0 radical (unpaired) electrons. The molecule has 5 nitrogen and oxygen atoms in total. The molecule has 21 heavy (non-hydrogen) atoms. The van der Waals surface area contributed by atoms with Gasteiger partial charge in [-0.25, -0.2) is 4.98 Å². The lowest BCUT2D eigenvalue weighted by molar-refractivity contribution is -0.141. The summed E-state index contributed by atoms with van der Waals surface area (Å²) in [5.74, 6) is 0.0317. The van der Waals surface area contributed by atoms with Crippen LogP contribution in [-0.4, -0.2) is 41.6 Å². The molecule has 0 spiro atoms. The fourth-order valence-electron chi connectivity index (χ4n) is 2.17. The second-order valence-corrected chi connectivity index (χ2v) is 6.03. The van der Waals surface area contributed by atoms with Crippen LogP contribution in [0.3, 0.4) is 0 Å². The Kier molecular flexibility index (Phi) is 9.40. The summed E-state index contributed by atoms with van der Waals surface area (Å²) in [7, 11) is 1.80. The predicted molar refractivity (Wildman–Crippen MR) is 89.4 cm³/mol. The molecule has 1 aromatic heterocycles. The second kappa shape index (κ2) is 9.58. The maximum atomic E-state index is 12.2. The number of aromatic nitrogens is 1. The van der Waals surface area contributed by atoms with Crippen molar-refractivity contribution < 1.29 is 9.53 Å². The summed E-state index contributed by atoms with van der Waals surface area (Å²) in [6.45, 7) is 3.14. The van der Waals surface area contributed by atoms with Gasteiger partial charge in [-0.05, 0) is 19.3 Å². The van der Waals surface area contributed by atoms with Crippen LogP contribution in [0.25, 0.3) is 0 Å². The molecular weight excluding hydrogens is 333 g/mol. The molecular formula is C13H23Cl2N3O2S. The maximum Gasteiger partial charge on any atom is 0.251 e. The molecule has 1 saturated heterocycles. The minimum absolute atomic E-state index is 0. The number of nitrogens with zero attached hydrogens (tertiary/aromatic N) is 2. The van der Waals surface area contributed by atoms with E-state index in [0.717, 1.165) is 24.3 Å². The molecule has 1 aliphatic heterocycles. The van der Waals surface area contributed by atoms with Crippen LogP contribution < -0.4 is 5.73 Å². The molecule has 0 unspecified atom stereocenters. The zero-order chi connectivity index (χ0) is 13.8. The molecule has 122 valence electrons. The summed E-state index contributed by atoms with van der Waals surface area (Å²) in [5.41, 5.74) is 5.56. The smallest absolute Gasteiger partial charge is 0.251 e. The van der Waals surface area contributed by atoms with Crippen molar-refractivity contribution in [2.45, 2.75) is 44.9 Å². The Morgan fingerprint density at radius 2 is 2.24 bits per heavy atom. The molecule has 0 bridgehead atoms. The summed E-state index contributed by atoms with van der Waals surface area (Å²) in [6.07, 6.45) is 4.22. The zero-order valence-corrected chi connectivity index (χ0v) is 14.7. The quantitative estimate of drug-likeness (QED) is 0.876. The van der Waals surface area contributed by atoms with E-state index in [1.54, 1.807) is 23.3 Å². The van der Waals surface area contributed by atoms with Crippen LogP contribution in [0.2, 0.25) is 0 Å². The third-order valence-electron chi connectivity index (χ3n) is 3.34. The van der Waals surface area contributed by atoms with E-state index in [1.807, 2.05) is 6.20 Å². The molecule has 0 aromatic carbocycles. The third kappa shape index (κ3) is 5.38. The Labute approximate surface area is 142 Å². The van der Waals surface area contributed by atoms with Gasteiger partial charge in [-0.3, -0.25) is 4.79 Å². The summed E-state index contributed by atoms with van der Waals surface area (Å²) < 4.78 is 5.62. The number of likely N-dealkylation sites (N-methyl/N-ethyl adjacent to an activating group) is 1. The topological polar surface area (TPSA) is 68.5 Å². The van der Waals surface area contributed by atoms with Gasteiger partial charge in [0.25, 0.3) is 5.91 Å². The molecule has 2 N–H and O–H groups in total. The number of carbonyl (C=O) groups excluding carboxylic acids is 1. The van der Waals surface area contributed by atoms with E-state index in [0.29, 0.717) is 13.1 Å². The van der Waals surface area contributed by atoms with Crippen LogP contribution in [0, 0.1) is 0 Å². The van der Waals surface area contributed by atoms with Gasteiger partial charge in [0.1, 0.15) is 11.1 Å². The number of halogens is 2. The number of thiazole rings is 1. The van der Waals surface area contributed by atoms with Crippen LogP contribution >= 0.6 is 36.2 Å². The van der Waals surface area contributed by atoms with Gasteiger partial charge in [0.2, 0.25) is 0 Å². The van der Waals surface area contributed by atoms with E-state index in [2.05, 4.69) is 11.9 Å². The lowest BCUT2D eigenvalue weighted by atomic mass is 10.2. The van der Waals surface area contributed by atoms with Gasteiger partial charge >= 0.3 is 0 Å². The first-order valence-corrected chi connectivity index (χ1v) is 7.49. The molecule has 1 fully saturated rings. The number of hydrogen-bond donors (Lipinski definition) is 1. The SMILES string of the molecule is CCc1cnc(CN(C)C(=O)[C@@H]2CC[C@H](CN)O2)s1.Cl.Cl. The number of hydrogen-bond acceptors (Lipinski definition) is 5. The highest BCUT2D eigenvalue weighted by atomic mass is 35.5. The maximum absolute atomic E-state index is 12.2. The lowest BCUT2D eigenvalue weighted by Crippen LogP contribution is -2.36. The van der Waals surface area contributed by atoms with Gasteiger partial charge < -0.3 is 15.4 Å². The minimum atomic E-state index is -0.329. The fourth-order valence-corrected chi connectivity index (χ4v) is 3.09. The average Bonchev–Trinajstić information content (AvgIpc) is 3.06.